The van der Waals surface area contributed by atoms with E-state index in [2.05, 4.69) is 19.9 Å². The molecule has 3 nitrogen and oxygen atoms in total. The third kappa shape index (κ3) is 1.71. The third-order valence-electron chi connectivity index (χ3n) is 5.31. The number of para-hydroxylation sites is 1. The first kappa shape index (κ1) is 13.6. The summed E-state index contributed by atoms with van der Waals surface area (Å²) in [6.07, 6.45) is 1.62. The molecule has 2 aromatic rings. The van der Waals surface area contributed by atoms with Crippen LogP contribution in [0.3, 0.4) is 0 Å². The van der Waals surface area contributed by atoms with Gasteiger partial charge in [0.2, 0.25) is 0 Å². The van der Waals surface area contributed by atoms with E-state index < -0.39 is 11.4 Å². The van der Waals surface area contributed by atoms with E-state index in [0.717, 1.165) is 23.4 Å². The predicted molar refractivity (Wildman–Crippen MR) is 81.1 cm³/mol. The lowest BCUT2D eigenvalue weighted by Gasteiger charge is -2.37. The molecule has 0 saturated heterocycles. The van der Waals surface area contributed by atoms with Gasteiger partial charge >= 0.3 is 5.97 Å². The maximum atomic E-state index is 11.7. The molecule has 3 rings (SSSR count). The highest BCUT2D eigenvalue weighted by Gasteiger charge is 2.57. The summed E-state index contributed by atoms with van der Waals surface area (Å²) < 4.78 is 1.18. The van der Waals surface area contributed by atoms with E-state index in [0.29, 0.717) is 0 Å². The van der Waals surface area contributed by atoms with Crippen LogP contribution in [0.15, 0.2) is 24.3 Å². The minimum Gasteiger partial charge on any atom is -0.481 e. The van der Waals surface area contributed by atoms with E-state index in [1.54, 1.807) is 11.3 Å². The standard InChI is InChI=1S/C16H19NO2S/c1-15(2)10(8-9-16(15,3)14(18)19)13-17-11-6-4-5-7-12(11)20-13/h4-7,10H,8-9H2,1-3H3,(H,18,19)/t10-,16+/m0/s1. The number of aromatic nitrogens is 1. The number of carboxylic acids is 1. The lowest BCUT2D eigenvalue weighted by Crippen LogP contribution is -2.39. The first-order valence-electron chi connectivity index (χ1n) is 6.95. The van der Waals surface area contributed by atoms with Crippen LogP contribution in [-0.4, -0.2) is 16.1 Å². The van der Waals surface area contributed by atoms with E-state index in [4.69, 9.17) is 4.98 Å². The van der Waals surface area contributed by atoms with Gasteiger partial charge in [0.25, 0.3) is 0 Å². The van der Waals surface area contributed by atoms with E-state index >= 15 is 0 Å². The second-order valence-electron chi connectivity index (χ2n) is 6.47. The van der Waals surface area contributed by atoms with Crippen molar-refractivity contribution in [3.05, 3.63) is 29.3 Å². The van der Waals surface area contributed by atoms with Crippen molar-refractivity contribution in [1.82, 2.24) is 4.98 Å². The normalized spacial score (nSPS) is 28.9. The molecule has 0 bridgehead atoms. The monoisotopic (exact) mass is 289 g/mol. The van der Waals surface area contributed by atoms with Gasteiger partial charge in [-0.15, -0.1) is 11.3 Å². The highest BCUT2D eigenvalue weighted by Crippen LogP contribution is 2.60. The summed E-state index contributed by atoms with van der Waals surface area (Å²) >= 11 is 1.71. The van der Waals surface area contributed by atoms with E-state index in [9.17, 15) is 9.90 Å². The third-order valence-corrected chi connectivity index (χ3v) is 6.46. The average Bonchev–Trinajstić information content (AvgIpc) is 2.90. The van der Waals surface area contributed by atoms with Crippen LogP contribution in [0.1, 0.15) is 44.5 Å². The smallest absolute Gasteiger partial charge is 0.309 e. The number of carboxylic acid groups (broad SMARTS) is 1. The topological polar surface area (TPSA) is 50.2 Å². The average molecular weight is 289 g/mol. The van der Waals surface area contributed by atoms with Crippen molar-refractivity contribution in [2.24, 2.45) is 10.8 Å². The molecule has 0 spiro atoms. The fourth-order valence-electron chi connectivity index (χ4n) is 3.35. The Balaban J connectivity index is 2.05. The minimum absolute atomic E-state index is 0.223. The second-order valence-corrected chi connectivity index (χ2v) is 7.53. The number of carbonyl (C=O) groups is 1. The van der Waals surface area contributed by atoms with Crippen LogP contribution in [0.5, 0.6) is 0 Å². The van der Waals surface area contributed by atoms with Gasteiger partial charge in [0.05, 0.1) is 20.6 Å². The summed E-state index contributed by atoms with van der Waals surface area (Å²) in [4.78, 5) is 16.4. The fraction of sp³-hybridized carbons (Fsp3) is 0.500. The quantitative estimate of drug-likeness (QED) is 0.897. The summed E-state index contributed by atoms with van der Waals surface area (Å²) in [6, 6.07) is 8.11. The molecule has 0 amide bonds. The first-order valence-corrected chi connectivity index (χ1v) is 7.77. The van der Waals surface area contributed by atoms with Gasteiger partial charge in [-0.1, -0.05) is 26.0 Å². The van der Waals surface area contributed by atoms with E-state index in [1.807, 2.05) is 25.1 Å². The molecule has 1 N–H and O–H groups in total. The van der Waals surface area contributed by atoms with Crippen molar-refractivity contribution >= 4 is 27.5 Å². The molecule has 0 unspecified atom stereocenters. The summed E-state index contributed by atoms with van der Waals surface area (Å²) in [7, 11) is 0. The first-order chi connectivity index (χ1) is 9.36. The molecule has 4 heteroatoms. The van der Waals surface area contributed by atoms with Gasteiger partial charge in [-0.3, -0.25) is 4.79 Å². The minimum atomic E-state index is -0.689. The van der Waals surface area contributed by atoms with Crippen molar-refractivity contribution < 1.29 is 9.90 Å². The van der Waals surface area contributed by atoms with Crippen molar-refractivity contribution in [3.8, 4) is 0 Å². The van der Waals surface area contributed by atoms with Crippen LogP contribution >= 0.6 is 11.3 Å². The van der Waals surface area contributed by atoms with Gasteiger partial charge in [-0.05, 0) is 37.3 Å². The van der Waals surface area contributed by atoms with Crippen LogP contribution in [-0.2, 0) is 4.79 Å². The van der Waals surface area contributed by atoms with Crippen LogP contribution < -0.4 is 0 Å². The molecule has 1 aliphatic rings. The van der Waals surface area contributed by atoms with Crippen LogP contribution in [0.4, 0.5) is 0 Å². The Morgan fingerprint density at radius 3 is 2.65 bits per heavy atom. The van der Waals surface area contributed by atoms with Crippen LogP contribution in [0, 0.1) is 10.8 Å². The zero-order chi connectivity index (χ0) is 14.5. The van der Waals surface area contributed by atoms with Gasteiger partial charge in [0.15, 0.2) is 0 Å². The number of nitrogens with zero attached hydrogens (tertiary/aromatic N) is 1. The number of thiazole rings is 1. The second kappa shape index (κ2) is 4.29. The Morgan fingerprint density at radius 2 is 2.05 bits per heavy atom. The van der Waals surface area contributed by atoms with Crippen LogP contribution in [0.2, 0.25) is 0 Å². The van der Waals surface area contributed by atoms with Gasteiger partial charge in [-0.25, -0.2) is 4.98 Å². The highest BCUT2D eigenvalue weighted by atomic mass is 32.1. The van der Waals surface area contributed by atoms with Crippen molar-refractivity contribution in [3.63, 3.8) is 0 Å². The maximum Gasteiger partial charge on any atom is 0.309 e. The number of aliphatic carboxylic acids is 1. The molecule has 106 valence electrons. The molecule has 1 heterocycles. The number of hydrogen-bond donors (Lipinski definition) is 1. The van der Waals surface area contributed by atoms with Crippen LogP contribution in [0.25, 0.3) is 10.2 Å². The summed E-state index contributed by atoms with van der Waals surface area (Å²) in [5, 5.41) is 10.7. The zero-order valence-corrected chi connectivity index (χ0v) is 12.8. The Hall–Kier alpha value is -1.42. The SMILES string of the molecule is CC1(C)[C@H](c2nc3ccccc3s2)CC[C@]1(C)C(=O)O. The highest BCUT2D eigenvalue weighted by molar-refractivity contribution is 7.18. The molecule has 0 radical (unpaired) electrons. The summed E-state index contributed by atoms with van der Waals surface area (Å²) in [5.41, 5.74) is 0.0645. The van der Waals surface area contributed by atoms with E-state index in [1.165, 1.54) is 4.70 Å². The molecular formula is C16H19NO2S. The molecule has 2 atom stereocenters. The van der Waals surface area contributed by atoms with Crippen molar-refractivity contribution in [2.45, 2.75) is 39.5 Å². The fourth-order valence-corrected chi connectivity index (χ4v) is 4.64. The Morgan fingerprint density at radius 1 is 1.35 bits per heavy atom. The lowest BCUT2D eigenvalue weighted by molar-refractivity contribution is -0.153. The molecular weight excluding hydrogens is 270 g/mol. The molecule has 1 aromatic heterocycles. The lowest BCUT2D eigenvalue weighted by atomic mass is 9.66. The van der Waals surface area contributed by atoms with Crippen molar-refractivity contribution in [2.75, 3.05) is 0 Å². The summed E-state index contributed by atoms with van der Waals surface area (Å²) in [6.45, 7) is 6.03. The predicted octanol–water partition coefficient (Wildman–Crippen LogP) is 4.29. The molecule has 20 heavy (non-hydrogen) atoms. The Kier molecular flexibility index (Phi) is 2.91. The molecule has 1 aromatic carbocycles. The Labute approximate surface area is 122 Å². The Bertz CT molecular complexity index is 643. The number of rotatable bonds is 2. The number of fused-ring (bicyclic) bond motifs is 1. The van der Waals surface area contributed by atoms with Gasteiger partial charge in [0.1, 0.15) is 0 Å². The maximum absolute atomic E-state index is 11.7. The molecule has 1 saturated carbocycles. The van der Waals surface area contributed by atoms with Gasteiger partial charge in [-0.2, -0.15) is 0 Å². The summed E-state index contributed by atoms with van der Waals surface area (Å²) in [5.74, 6) is -0.466. The van der Waals surface area contributed by atoms with E-state index in [-0.39, 0.29) is 11.3 Å². The van der Waals surface area contributed by atoms with Gasteiger partial charge < -0.3 is 5.11 Å². The number of hydrogen-bond acceptors (Lipinski definition) is 3. The zero-order valence-electron chi connectivity index (χ0n) is 12.0. The largest absolute Gasteiger partial charge is 0.481 e. The molecule has 1 aliphatic carbocycles. The van der Waals surface area contributed by atoms with Gasteiger partial charge in [0, 0.05) is 5.92 Å². The molecule has 1 fully saturated rings. The van der Waals surface area contributed by atoms with Crippen molar-refractivity contribution in [1.29, 1.82) is 0 Å². The molecule has 0 aliphatic heterocycles. The number of benzene rings is 1.